The summed E-state index contributed by atoms with van der Waals surface area (Å²) < 4.78 is 6.92. The quantitative estimate of drug-likeness (QED) is 0.445. The van der Waals surface area contributed by atoms with E-state index in [1.54, 1.807) is 53.2 Å². The number of amides is 1. The van der Waals surface area contributed by atoms with Crippen molar-refractivity contribution in [3.8, 4) is 0 Å². The lowest BCUT2D eigenvalue weighted by Gasteiger charge is -2.07. The minimum atomic E-state index is -0.428. The van der Waals surface area contributed by atoms with E-state index in [1.807, 2.05) is 27.0 Å². The highest BCUT2D eigenvalue weighted by molar-refractivity contribution is 6.04. The Balaban J connectivity index is 1.48. The lowest BCUT2D eigenvalue weighted by atomic mass is 10.1. The molecule has 0 unspecified atom stereocenters. The van der Waals surface area contributed by atoms with E-state index in [2.05, 4.69) is 10.4 Å². The SMILES string of the molecule is Cc1nn(C)c(C)c1CCC(=O)OCC(=O)c1ccc(NC(=O)c2ccccc2)cc1. The van der Waals surface area contributed by atoms with Gasteiger partial charge in [-0.1, -0.05) is 18.2 Å². The summed E-state index contributed by atoms with van der Waals surface area (Å²) in [6, 6.07) is 15.3. The average molecular weight is 419 g/mol. The number of Topliss-reactive ketones (excluding diaryl/α,β-unsaturated/α-hetero) is 1. The first kappa shape index (κ1) is 22.0. The van der Waals surface area contributed by atoms with Crippen LogP contribution in [0.3, 0.4) is 0 Å². The molecule has 3 aromatic rings. The number of carbonyl (C=O) groups excluding carboxylic acids is 3. The van der Waals surface area contributed by atoms with Crippen LogP contribution >= 0.6 is 0 Å². The van der Waals surface area contributed by atoms with Gasteiger partial charge >= 0.3 is 5.97 Å². The first-order valence-electron chi connectivity index (χ1n) is 9.99. The van der Waals surface area contributed by atoms with E-state index in [4.69, 9.17) is 4.74 Å². The number of nitrogens with one attached hydrogen (secondary N) is 1. The minimum Gasteiger partial charge on any atom is -0.457 e. The van der Waals surface area contributed by atoms with Crippen molar-refractivity contribution >= 4 is 23.3 Å². The number of anilines is 1. The van der Waals surface area contributed by atoms with Crippen LogP contribution in [0, 0.1) is 13.8 Å². The van der Waals surface area contributed by atoms with Crippen molar-refractivity contribution in [3.05, 3.63) is 82.7 Å². The fourth-order valence-corrected chi connectivity index (χ4v) is 3.24. The summed E-state index contributed by atoms with van der Waals surface area (Å²) >= 11 is 0. The third-order valence-electron chi connectivity index (χ3n) is 5.10. The van der Waals surface area contributed by atoms with Crippen molar-refractivity contribution in [2.75, 3.05) is 11.9 Å². The van der Waals surface area contributed by atoms with Crippen LogP contribution in [-0.4, -0.2) is 34.0 Å². The molecule has 0 fully saturated rings. The molecule has 1 N–H and O–H groups in total. The first-order chi connectivity index (χ1) is 14.8. The maximum atomic E-state index is 12.3. The van der Waals surface area contributed by atoms with Gasteiger partial charge in [0.15, 0.2) is 12.4 Å². The Morgan fingerprint density at radius 2 is 1.65 bits per heavy atom. The Bertz CT molecular complexity index is 1090. The van der Waals surface area contributed by atoms with E-state index >= 15 is 0 Å². The molecule has 7 heteroatoms. The molecule has 0 saturated heterocycles. The molecule has 0 aliphatic carbocycles. The van der Waals surface area contributed by atoms with E-state index in [0.29, 0.717) is 23.2 Å². The predicted octanol–water partition coefficient (Wildman–Crippen LogP) is 3.65. The van der Waals surface area contributed by atoms with E-state index in [9.17, 15) is 14.4 Å². The number of nitrogens with zero attached hydrogens (tertiary/aromatic N) is 2. The van der Waals surface area contributed by atoms with Gasteiger partial charge in [-0.15, -0.1) is 0 Å². The maximum Gasteiger partial charge on any atom is 0.306 e. The number of esters is 1. The lowest BCUT2D eigenvalue weighted by molar-refractivity contribution is -0.142. The van der Waals surface area contributed by atoms with Crippen molar-refractivity contribution in [1.29, 1.82) is 0 Å². The zero-order chi connectivity index (χ0) is 22.4. The zero-order valence-corrected chi connectivity index (χ0v) is 17.8. The predicted molar refractivity (Wildman–Crippen MR) is 117 cm³/mol. The van der Waals surface area contributed by atoms with Gasteiger partial charge in [0, 0.05) is 36.0 Å². The van der Waals surface area contributed by atoms with Crippen LogP contribution in [0.5, 0.6) is 0 Å². The molecule has 0 bridgehead atoms. The summed E-state index contributed by atoms with van der Waals surface area (Å²) in [4.78, 5) is 36.5. The first-order valence-corrected chi connectivity index (χ1v) is 9.99. The number of rotatable bonds is 8. The highest BCUT2D eigenvalue weighted by atomic mass is 16.5. The number of ketones is 1. The van der Waals surface area contributed by atoms with E-state index in [1.165, 1.54) is 0 Å². The van der Waals surface area contributed by atoms with Gasteiger partial charge in [-0.25, -0.2) is 0 Å². The summed E-state index contributed by atoms with van der Waals surface area (Å²) in [6.45, 7) is 3.54. The molecule has 0 aliphatic heterocycles. The molecule has 160 valence electrons. The lowest BCUT2D eigenvalue weighted by Crippen LogP contribution is -2.15. The van der Waals surface area contributed by atoms with E-state index in [-0.39, 0.29) is 24.7 Å². The summed E-state index contributed by atoms with van der Waals surface area (Å²) in [5, 5.41) is 7.10. The van der Waals surface area contributed by atoms with Gasteiger partial charge in [-0.2, -0.15) is 5.10 Å². The number of benzene rings is 2. The molecule has 0 spiro atoms. The highest BCUT2D eigenvalue weighted by Gasteiger charge is 2.14. The van der Waals surface area contributed by atoms with Gasteiger partial charge in [0.1, 0.15) is 0 Å². The number of aryl methyl sites for hydroxylation is 2. The second-order valence-corrected chi connectivity index (χ2v) is 7.25. The van der Waals surface area contributed by atoms with Gasteiger partial charge in [-0.3, -0.25) is 19.1 Å². The molecular formula is C24H25N3O4. The van der Waals surface area contributed by atoms with Gasteiger partial charge < -0.3 is 10.1 Å². The van der Waals surface area contributed by atoms with Gasteiger partial charge in [-0.05, 0) is 62.2 Å². The Morgan fingerprint density at radius 3 is 2.26 bits per heavy atom. The molecule has 7 nitrogen and oxygen atoms in total. The van der Waals surface area contributed by atoms with Gasteiger partial charge in [0.25, 0.3) is 5.91 Å². The second-order valence-electron chi connectivity index (χ2n) is 7.25. The number of aromatic nitrogens is 2. The fourth-order valence-electron chi connectivity index (χ4n) is 3.24. The van der Waals surface area contributed by atoms with Crippen molar-refractivity contribution in [2.24, 2.45) is 7.05 Å². The van der Waals surface area contributed by atoms with Gasteiger partial charge in [0.2, 0.25) is 0 Å². The van der Waals surface area contributed by atoms with Crippen molar-refractivity contribution in [2.45, 2.75) is 26.7 Å². The zero-order valence-electron chi connectivity index (χ0n) is 17.8. The van der Waals surface area contributed by atoms with Crippen molar-refractivity contribution in [3.63, 3.8) is 0 Å². The van der Waals surface area contributed by atoms with Crippen LogP contribution < -0.4 is 5.32 Å². The smallest absolute Gasteiger partial charge is 0.306 e. The number of ether oxygens (including phenoxy) is 1. The van der Waals surface area contributed by atoms with Crippen LogP contribution in [-0.2, 0) is 23.0 Å². The standard InChI is InChI=1S/C24H25N3O4/c1-16-21(17(2)27(3)26-16)13-14-23(29)31-15-22(28)18-9-11-20(12-10-18)25-24(30)19-7-5-4-6-8-19/h4-12H,13-15H2,1-3H3,(H,25,30). The molecular weight excluding hydrogens is 394 g/mol. The Labute approximate surface area is 181 Å². The summed E-state index contributed by atoms with van der Waals surface area (Å²) in [5.74, 6) is -0.960. The molecule has 31 heavy (non-hydrogen) atoms. The fraction of sp³-hybridized carbons (Fsp3) is 0.250. The number of hydrogen-bond donors (Lipinski definition) is 1. The number of carbonyl (C=O) groups is 3. The minimum absolute atomic E-state index is 0.186. The van der Waals surface area contributed by atoms with Crippen molar-refractivity contribution in [1.82, 2.24) is 9.78 Å². The van der Waals surface area contributed by atoms with Crippen LogP contribution in [0.15, 0.2) is 54.6 Å². The largest absolute Gasteiger partial charge is 0.457 e. The average Bonchev–Trinajstić information content (AvgIpc) is 3.02. The molecule has 0 aliphatic rings. The molecule has 2 aromatic carbocycles. The molecule has 0 atom stereocenters. The molecule has 0 saturated carbocycles. The number of hydrogen-bond acceptors (Lipinski definition) is 5. The topological polar surface area (TPSA) is 90.3 Å². The molecule has 3 rings (SSSR count). The van der Waals surface area contributed by atoms with E-state index in [0.717, 1.165) is 17.0 Å². The monoisotopic (exact) mass is 419 g/mol. The molecule has 1 amide bonds. The van der Waals surface area contributed by atoms with Crippen LogP contribution in [0.1, 0.15) is 44.1 Å². The Kier molecular flexibility index (Phi) is 6.97. The van der Waals surface area contributed by atoms with E-state index < -0.39 is 5.97 Å². The summed E-state index contributed by atoms with van der Waals surface area (Å²) in [7, 11) is 1.86. The molecule has 1 aromatic heterocycles. The van der Waals surface area contributed by atoms with Crippen LogP contribution in [0.4, 0.5) is 5.69 Å². The molecule has 0 radical (unpaired) electrons. The second kappa shape index (κ2) is 9.84. The Morgan fingerprint density at radius 1 is 0.968 bits per heavy atom. The third-order valence-corrected chi connectivity index (χ3v) is 5.10. The van der Waals surface area contributed by atoms with Gasteiger partial charge in [0.05, 0.1) is 5.69 Å². The normalized spacial score (nSPS) is 10.5. The van der Waals surface area contributed by atoms with Crippen molar-refractivity contribution < 1.29 is 19.1 Å². The summed E-state index contributed by atoms with van der Waals surface area (Å²) in [6.07, 6.45) is 0.708. The maximum absolute atomic E-state index is 12.3. The molecule has 1 heterocycles. The van der Waals surface area contributed by atoms with Crippen LogP contribution in [0.25, 0.3) is 0 Å². The third kappa shape index (κ3) is 5.66. The highest BCUT2D eigenvalue weighted by Crippen LogP contribution is 2.15. The Hall–Kier alpha value is -3.74. The summed E-state index contributed by atoms with van der Waals surface area (Å²) in [5.41, 5.74) is 4.46. The van der Waals surface area contributed by atoms with Crippen LogP contribution in [0.2, 0.25) is 0 Å².